The summed E-state index contributed by atoms with van der Waals surface area (Å²) in [6, 6.07) is -0.523. The highest BCUT2D eigenvalue weighted by atomic mass is 16.5. The van der Waals surface area contributed by atoms with Crippen molar-refractivity contribution in [2.24, 2.45) is 0 Å². The number of likely N-dealkylation sites (N-methyl/N-ethyl adjacent to an activating group) is 1. The molecule has 0 radical (unpaired) electrons. The first kappa shape index (κ1) is 15.5. The minimum atomic E-state index is -0.608. The molecule has 19 heavy (non-hydrogen) atoms. The lowest BCUT2D eigenvalue weighted by molar-refractivity contribution is -0.156. The second kappa shape index (κ2) is 6.54. The average Bonchev–Trinajstić information content (AvgIpc) is 2.31. The van der Waals surface area contributed by atoms with E-state index in [1.807, 2.05) is 0 Å². The van der Waals surface area contributed by atoms with Gasteiger partial charge in [-0.2, -0.15) is 0 Å². The molecule has 0 heterocycles. The molecule has 1 aliphatic rings. The molecular weight excluding hydrogens is 248 g/mol. The number of carbonyl (C=O) groups excluding carboxylic acids is 3. The molecule has 1 atom stereocenters. The highest BCUT2D eigenvalue weighted by Crippen LogP contribution is 2.27. The van der Waals surface area contributed by atoms with Gasteiger partial charge in [0.05, 0.1) is 13.7 Å². The van der Waals surface area contributed by atoms with Gasteiger partial charge in [0, 0.05) is 20.0 Å². The smallest absolute Gasteiger partial charge is 0.328 e. The summed E-state index contributed by atoms with van der Waals surface area (Å²) in [6.45, 7) is 3.06. The van der Waals surface area contributed by atoms with E-state index in [0.717, 1.165) is 19.3 Å². The highest BCUT2D eigenvalue weighted by Gasteiger charge is 2.36. The first-order chi connectivity index (χ1) is 8.88. The third-order valence-corrected chi connectivity index (χ3v) is 3.63. The highest BCUT2D eigenvalue weighted by molar-refractivity contribution is 5.88. The predicted molar refractivity (Wildman–Crippen MR) is 69.3 cm³/mol. The van der Waals surface area contributed by atoms with Crippen molar-refractivity contribution in [2.75, 3.05) is 20.7 Å². The molecule has 0 unspecified atom stereocenters. The number of esters is 1. The van der Waals surface area contributed by atoms with Crippen molar-refractivity contribution in [1.82, 2.24) is 9.80 Å². The van der Waals surface area contributed by atoms with E-state index in [1.165, 1.54) is 18.9 Å². The zero-order valence-corrected chi connectivity index (χ0v) is 12.0. The summed E-state index contributed by atoms with van der Waals surface area (Å²) in [5.41, 5.74) is 0. The van der Waals surface area contributed by atoms with Crippen LogP contribution >= 0.6 is 0 Å². The number of methoxy groups -OCH3 is 1. The Bertz CT molecular complexity index is 366. The molecular formula is C13H22N2O4. The Balaban J connectivity index is 2.76. The lowest BCUT2D eigenvalue weighted by Gasteiger charge is -2.40. The van der Waals surface area contributed by atoms with Crippen LogP contribution in [0.15, 0.2) is 0 Å². The number of amides is 2. The van der Waals surface area contributed by atoms with E-state index >= 15 is 0 Å². The van der Waals surface area contributed by atoms with Crippen LogP contribution in [0.1, 0.15) is 33.1 Å². The Hall–Kier alpha value is -1.59. The van der Waals surface area contributed by atoms with E-state index in [9.17, 15) is 14.4 Å². The SMILES string of the molecule is COC(=O)[C@H](C)N(C(=O)CN(C)C(C)=O)C1CCC1. The van der Waals surface area contributed by atoms with Crippen LogP contribution in [-0.4, -0.2) is 60.4 Å². The van der Waals surface area contributed by atoms with Crippen molar-refractivity contribution in [1.29, 1.82) is 0 Å². The van der Waals surface area contributed by atoms with Crippen LogP contribution in [-0.2, 0) is 19.1 Å². The summed E-state index contributed by atoms with van der Waals surface area (Å²) in [5, 5.41) is 0. The number of hydrogen-bond acceptors (Lipinski definition) is 4. The van der Waals surface area contributed by atoms with Crippen LogP contribution in [0.5, 0.6) is 0 Å². The summed E-state index contributed by atoms with van der Waals surface area (Å²) in [5.74, 6) is -0.807. The molecule has 0 N–H and O–H groups in total. The van der Waals surface area contributed by atoms with Gasteiger partial charge in [-0.05, 0) is 26.2 Å². The molecule has 1 saturated carbocycles. The number of carbonyl (C=O) groups is 3. The quantitative estimate of drug-likeness (QED) is 0.679. The van der Waals surface area contributed by atoms with Crippen molar-refractivity contribution >= 4 is 17.8 Å². The standard InChI is InChI=1S/C13H22N2O4/c1-9(13(18)19-4)15(11-6-5-7-11)12(17)8-14(3)10(2)16/h9,11H,5-8H2,1-4H3/t9-/m0/s1. The van der Waals surface area contributed by atoms with Crippen LogP contribution in [0.25, 0.3) is 0 Å². The largest absolute Gasteiger partial charge is 0.467 e. The van der Waals surface area contributed by atoms with Gasteiger partial charge in [-0.15, -0.1) is 0 Å². The van der Waals surface area contributed by atoms with Gasteiger partial charge < -0.3 is 14.5 Å². The van der Waals surface area contributed by atoms with E-state index < -0.39 is 12.0 Å². The van der Waals surface area contributed by atoms with Gasteiger partial charge in [0.1, 0.15) is 6.04 Å². The van der Waals surface area contributed by atoms with Gasteiger partial charge in [-0.3, -0.25) is 9.59 Å². The second-order valence-corrected chi connectivity index (χ2v) is 4.96. The minimum Gasteiger partial charge on any atom is -0.467 e. The molecule has 0 aliphatic heterocycles. The lowest BCUT2D eigenvalue weighted by Crippen LogP contribution is -2.54. The molecule has 0 aromatic rings. The van der Waals surface area contributed by atoms with Crippen LogP contribution in [0.2, 0.25) is 0 Å². The molecule has 0 aromatic heterocycles. The molecule has 0 spiro atoms. The normalized spacial score (nSPS) is 16.2. The Labute approximate surface area is 113 Å². The van der Waals surface area contributed by atoms with Gasteiger partial charge in [0.15, 0.2) is 0 Å². The van der Waals surface area contributed by atoms with Gasteiger partial charge >= 0.3 is 5.97 Å². The fraction of sp³-hybridized carbons (Fsp3) is 0.769. The first-order valence-electron chi connectivity index (χ1n) is 6.49. The Kier molecular flexibility index (Phi) is 5.32. The van der Waals surface area contributed by atoms with Crippen molar-refractivity contribution in [3.05, 3.63) is 0 Å². The van der Waals surface area contributed by atoms with Gasteiger partial charge in [-0.1, -0.05) is 0 Å². The number of nitrogens with zero attached hydrogens (tertiary/aromatic N) is 2. The topological polar surface area (TPSA) is 66.9 Å². The van der Waals surface area contributed by atoms with Crippen LogP contribution in [0, 0.1) is 0 Å². The van der Waals surface area contributed by atoms with Crippen LogP contribution in [0.3, 0.4) is 0 Å². The van der Waals surface area contributed by atoms with E-state index in [-0.39, 0.29) is 24.4 Å². The number of ether oxygens (including phenoxy) is 1. The maximum absolute atomic E-state index is 12.3. The number of rotatable bonds is 5. The average molecular weight is 270 g/mol. The summed E-state index contributed by atoms with van der Waals surface area (Å²) >= 11 is 0. The summed E-state index contributed by atoms with van der Waals surface area (Å²) in [6.07, 6.45) is 2.86. The molecule has 0 aromatic carbocycles. The predicted octanol–water partition coefficient (Wildman–Crippen LogP) is 0.407. The maximum Gasteiger partial charge on any atom is 0.328 e. The van der Waals surface area contributed by atoms with E-state index in [1.54, 1.807) is 18.9 Å². The third kappa shape index (κ3) is 3.68. The summed E-state index contributed by atoms with van der Waals surface area (Å²) < 4.78 is 4.70. The molecule has 2 amide bonds. The molecule has 0 bridgehead atoms. The second-order valence-electron chi connectivity index (χ2n) is 4.96. The minimum absolute atomic E-state index is 0.00678. The monoisotopic (exact) mass is 270 g/mol. The Morgan fingerprint density at radius 2 is 1.89 bits per heavy atom. The van der Waals surface area contributed by atoms with Crippen molar-refractivity contribution < 1.29 is 19.1 Å². The zero-order chi connectivity index (χ0) is 14.6. The zero-order valence-electron chi connectivity index (χ0n) is 12.0. The molecule has 1 fully saturated rings. The molecule has 108 valence electrons. The summed E-state index contributed by atoms with van der Waals surface area (Å²) in [4.78, 5) is 38.0. The Morgan fingerprint density at radius 3 is 2.26 bits per heavy atom. The van der Waals surface area contributed by atoms with Crippen molar-refractivity contribution in [3.8, 4) is 0 Å². The van der Waals surface area contributed by atoms with Gasteiger partial charge in [0.2, 0.25) is 11.8 Å². The van der Waals surface area contributed by atoms with Crippen LogP contribution in [0.4, 0.5) is 0 Å². The van der Waals surface area contributed by atoms with Gasteiger partial charge in [0.25, 0.3) is 0 Å². The van der Waals surface area contributed by atoms with E-state index in [2.05, 4.69) is 0 Å². The first-order valence-corrected chi connectivity index (χ1v) is 6.49. The van der Waals surface area contributed by atoms with Crippen molar-refractivity contribution in [3.63, 3.8) is 0 Å². The number of hydrogen-bond donors (Lipinski definition) is 0. The fourth-order valence-electron chi connectivity index (χ4n) is 2.08. The Morgan fingerprint density at radius 1 is 1.32 bits per heavy atom. The molecule has 0 saturated heterocycles. The molecule has 1 rings (SSSR count). The van der Waals surface area contributed by atoms with Crippen LogP contribution < -0.4 is 0 Å². The fourth-order valence-corrected chi connectivity index (χ4v) is 2.08. The molecule has 1 aliphatic carbocycles. The maximum atomic E-state index is 12.3. The molecule has 6 heteroatoms. The van der Waals surface area contributed by atoms with E-state index in [4.69, 9.17) is 4.74 Å². The van der Waals surface area contributed by atoms with Crippen molar-refractivity contribution in [2.45, 2.75) is 45.2 Å². The van der Waals surface area contributed by atoms with Gasteiger partial charge in [-0.25, -0.2) is 4.79 Å². The lowest BCUT2D eigenvalue weighted by atomic mass is 9.90. The van der Waals surface area contributed by atoms with E-state index in [0.29, 0.717) is 0 Å². The molecule has 6 nitrogen and oxygen atoms in total. The third-order valence-electron chi connectivity index (χ3n) is 3.63. The summed E-state index contributed by atoms with van der Waals surface area (Å²) in [7, 11) is 2.88.